The zero-order valence-corrected chi connectivity index (χ0v) is 9.61. The Morgan fingerprint density at radius 1 is 1.50 bits per heavy atom. The molecule has 1 fully saturated rings. The molecule has 0 amide bonds. The molecule has 16 heavy (non-hydrogen) atoms. The Bertz CT molecular complexity index is 247. The second-order valence-corrected chi connectivity index (χ2v) is 4.25. The third-order valence-electron chi connectivity index (χ3n) is 2.40. The first-order valence-corrected chi connectivity index (χ1v) is 5.49. The number of halogens is 3. The molecule has 1 aliphatic heterocycles. The molecule has 0 radical (unpaired) electrons. The Morgan fingerprint density at radius 2 is 2.19 bits per heavy atom. The molecule has 0 aromatic heterocycles. The van der Waals surface area contributed by atoms with E-state index in [9.17, 15) is 13.2 Å². The fourth-order valence-corrected chi connectivity index (χ4v) is 1.72. The van der Waals surface area contributed by atoms with Crippen molar-refractivity contribution >= 4 is 17.2 Å². The van der Waals surface area contributed by atoms with Gasteiger partial charge in [0.25, 0.3) is 0 Å². The molecule has 7 heteroatoms. The van der Waals surface area contributed by atoms with Crippen LogP contribution in [0.1, 0.15) is 12.8 Å². The summed E-state index contributed by atoms with van der Waals surface area (Å²) in [7, 11) is 0. The van der Waals surface area contributed by atoms with E-state index in [1.54, 1.807) is 0 Å². The van der Waals surface area contributed by atoms with Gasteiger partial charge < -0.3 is 10.5 Å². The lowest BCUT2D eigenvalue weighted by molar-refractivity contribution is -0.136. The zero-order valence-electron chi connectivity index (χ0n) is 8.79. The smallest absolute Gasteiger partial charge is 0.389 e. The fraction of sp³-hybridized carbons (Fsp3) is 0.889. The Morgan fingerprint density at radius 3 is 2.75 bits per heavy atom. The van der Waals surface area contributed by atoms with Gasteiger partial charge in [-0.2, -0.15) is 13.2 Å². The van der Waals surface area contributed by atoms with Gasteiger partial charge in [-0.15, -0.1) is 0 Å². The molecule has 1 aliphatic rings. The number of nitrogens with two attached hydrogens (primary N) is 1. The molecular weight excluding hydrogens is 241 g/mol. The van der Waals surface area contributed by atoms with Crippen LogP contribution in [-0.4, -0.2) is 48.4 Å². The maximum atomic E-state index is 11.9. The number of alkyl halides is 3. The summed E-state index contributed by atoms with van der Waals surface area (Å²) in [5, 5.41) is 0. The summed E-state index contributed by atoms with van der Waals surface area (Å²) in [6, 6.07) is 0. The summed E-state index contributed by atoms with van der Waals surface area (Å²) in [5.41, 5.74) is 5.43. The lowest BCUT2D eigenvalue weighted by atomic mass is 10.2. The molecule has 2 N–H and O–H groups in total. The van der Waals surface area contributed by atoms with Crippen LogP contribution in [-0.2, 0) is 4.74 Å². The van der Waals surface area contributed by atoms with Crippen LogP contribution in [0, 0.1) is 0 Å². The van der Waals surface area contributed by atoms with Crippen molar-refractivity contribution < 1.29 is 17.9 Å². The quantitative estimate of drug-likeness (QED) is 0.770. The molecule has 1 rings (SSSR count). The largest absolute Gasteiger partial charge is 0.391 e. The molecule has 0 saturated carbocycles. The summed E-state index contributed by atoms with van der Waals surface area (Å²) < 4.78 is 41.1. The Balaban J connectivity index is 2.24. The summed E-state index contributed by atoms with van der Waals surface area (Å²) >= 11 is 4.79. The molecule has 1 heterocycles. The van der Waals surface area contributed by atoms with Gasteiger partial charge in [-0.1, -0.05) is 12.2 Å². The van der Waals surface area contributed by atoms with E-state index in [4.69, 9.17) is 22.7 Å². The summed E-state index contributed by atoms with van der Waals surface area (Å²) in [6.45, 7) is 2.00. The van der Waals surface area contributed by atoms with Gasteiger partial charge in [0.15, 0.2) is 0 Å². The average Bonchev–Trinajstić information content (AvgIpc) is 2.16. The van der Waals surface area contributed by atoms with E-state index in [0.717, 1.165) is 0 Å². The van der Waals surface area contributed by atoms with Crippen molar-refractivity contribution in [3.8, 4) is 0 Å². The lowest BCUT2D eigenvalue weighted by Crippen LogP contribution is -2.48. The van der Waals surface area contributed by atoms with Crippen LogP contribution in [0.4, 0.5) is 13.2 Å². The molecular formula is C9H15F3N2OS. The van der Waals surface area contributed by atoms with Gasteiger partial charge in [0.1, 0.15) is 11.1 Å². The maximum absolute atomic E-state index is 11.9. The summed E-state index contributed by atoms with van der Waals surface area (Å²) in [5.74, 6) is 0. The van der Waals surface area contributed by atoms with Crippen molar-refractivity contribution in [1.82, 2.24) is 4.90 Å². The van der Waals surface area contributed by atoms with Crippen LogP contribution < -0.4 is 5.73 Å². The highest BCUT2D eigenvalue weighted by Gasteiger charge is 2.27. The number of hydrogen-bond donors (Lipinski definition) is 1. The highest BCUT2D eigenvalue weighted by atomic mass is 32.1. The minimum Gasteiger partial charge on any atom is -0.391 e. The molecule has 0 bridgehead atoms. The van der Waals surface area contributed by atoms with E-state index in [-0.39, 0.29) is 17.5 Å². The van der Waals surface area contributed by atoms with Crippen LogP contribution in [0.25, 0.3) is 0 Å². The first kappa shape index (κ1) is 13.7. The summed E-state index contributed by atoms with van der Waals surface area (Å²) in [4.78, 5) is 2.17. The number of rotatable bonds is 4. The predicted octanol–water partition coefficient (Wildman–Crippen LogP) is 1.32. The van der Waals surface area contributed by atoms with Crippen molar-refractivity contribution in [3.63, 3.8) is 0 Å². The van der Waals surface area contributed by atoms with Gasteiger partial charge in [-0.3, -0.25) is 4.90 Å². The third kappa shape index (κ3) is 5.09. The van der Waals surface area contributed by atoms with Gasteiger partial charge in [0.2, 0.25) is 0 Å². The van der Waals surface area contributed by atoms with E-state index >= 15 is 0 Å². The molecule has 1 saturated heterocycles. The first-order chi connectivity index (χ1) is 7.38. The van der Waals surface area contributed by atoms with Crippen molar-refractivity contribution in [2.45, 2.75) is 25.1 Å². The van der Waals surface area contributed by atoms with E-state index in [0.29, 0.717) is 26.2 Å². The van der Waals surface area contributed by atoms with Gasteiger partial charge in [0.05, 0.1) is 6.61 Å². The first-order valence-electron chi connectivity index (χ1n) is 5.08. The number of nitrogens with zero attached hydrogens (tertiary/aromatic N) is 1. The molecule has 1 atom stereocenters. The highest BCUT2D eigenvalue weighted by Crippen LogP contribution is 2.21. The van der Waals surface area contributed by atoms with Crippen molar-refractivity contribution in [1.29, 1.82) is 0 Å². The van der Waals surface area contributed by atoms with E-state index in [1.165, 1.54) is 0 Å². The van der Waals surface area contributed by atoms with Crippen molar-refractivity contribution in [3.05, 3.63) is 0 Å². The molecule has 94 valence electrons. The van der Waals surface area contributed by atoms with Crippen molar-refractivity contribution in [2.24, 2.45) is 5.73 Å². The Kier molecular flexibility index (Phi) is 4.94. The maximum Gasteiger partial charge on any atom is 0.389 e. The number of hydrogen-bond acceptors (Lipinski definition) is 3. The van der Waals surface area contributed by atoms with Gasteiger partial charge in [-0.05, 0) is 13.0 Å². The SMILES string of the molecule is NC(=S)C1CN(CCCC(F)(F)F)CCO1. The van der Waals surface area contributed by atoms with Gasteiger partial charge in [0, 0.05) is 19.5 Å². The summed E-state index contributed by atoms with van der Waals surface area (Å²) in [6.07, 6.45) is -5.04. The van der Waals surface area contributed by atoms with Crippen molar-refractivity contribution in [2.75, 3.05) is 26.2 Å². The topological polar surface area (TPSA) is 38.5 Å². The molecule has 0 spiro atoms. The van der Waals surface area contributed by atoms with Crippen LogP contribution in [0.15, 0.2) is 0 Å². The van der Waals surface area contributed by atoms with Crippen LogP contribution in [0.2, 0.25) is 0 Å². The second kappa shape index (κ2) is 5.79. The Labute approximate surface area is 97.7 Å². The minimum atomic E-state index is -4.07. The Hall–Kier alpha value is -0.400. The number of ether oxygens (including phenoxy) is 1. The van der Waals surface area contributed by atoms with Crippen LogP contribution >= 0.6 is 12.2 Å². The van der Waals surface area contributed by atoms with Crippen LogP contribution in [0.5, 0.6) is 0 Å². The monoisotopic (exact) mass is 256 g/mol. The second-order valence-electron chi connectivity index (χ2n) is 3.78. The fourth-order valence-electron chi connectivity index (χ4n) is 1.58. The van der Waals surface area contributed by atoms with E-state index in [1.807, 2.05) is 4.90 Å². The molecule has 1 unspecified atom stereocenters. The van der Waals surface area contributed by atoms with Crippen LogP contribution in [0.3, 0.4) is 0 Å². The van der Waals surface area contributed by atoms with E-state index < -0.39 is 12.6 Å². The third-order valence-corrected chi connectivity index (χ3v) is 2.67. The normalized spacial score (nSPS) is 23.3. The molecule has 0 aliphatic carbocycles. The number of thiocarbonyl (C=S) groups is 1. The highest BCUT2D eigenvalue weighted by molar-refractivity contribution is 7.80. The molecule has 0 aromatic carbocycles. The van der Waals surface area contributed by atoms with Gasteiger partial charge in [-0.25, -0.2) is 0 Å². The number of morpholine rings is 1. The lowest BCUT2D eigenvalue weighted by Gasteiger charge is -2.32. The molecule has 3 nitrogen and oxygen atoms in total. The standard InChI is InChI=1S/C9H15F3N2OS/c10-9(11,12)2-1-3-14-4-5-15-7(6-14)8(13)16/h7H,1-6H2,(H2,13,16). The zero-order chi connectivity index (χ0) is 12.2. The van der Waals surface area contributed by atoms with E-state index in [2.05, 4.69) is 0 Å². The van der Waals surface area contributed by atoms with Gasteiger partial charge >= 0.3 is 6.18 Å². The minimum absolute atomic E-state index is 0.105. The molecule has 0 aromatic rings. The average molecular weight is 256 g/mol. The predicted molar refractivity (Wildman–Crippen MR) is 58.3 cm³/mol.